The summed E-state index contributed by atoms with van der Waals surface area (Å²) in [5.41, 5.74) is 0.808. The molecule has 0 saturated carbocycles. The molecule has 1 aliphatic rings. The van der Waals surface area contributed by atoms with Crippen molar-refractivity contribution >= 4 is 22.6 Å². The molecule has 1 aromatic heterocycles. The van der Waals surface area contributed by atoms with Crippen molar-refractivity contribution < 1.29 is 19.5 Å². The average Bonchev–Trinajstić information content (AvgIpc) is 2.76. The van der Waals surface area contributed by atoms with E-state index in [1.807, 2.05) is 48.7 Å². The highest BCUT2D eigenvalue weighted by Crippen LogP contribution is 2.29. The van der Waals surface area contributed by atoms with Gasteiger partial charge in [-0.25, -0.2) is 9.78 Å². The van der Waals surface area contributed by atoms with Crippen LogP contribution in [0, 0.1) is 0 Å². The van der Waals surface area contributed by atoms with Crippen LogP contribution in [0.4, 0.5) is 5.82 Å². The molecular weight excluding hydrogens is 354 g/mol. The summed E-state index contributed by atoms with van der Waals surface area (Å²) in [5.74, 6) is 0.196. The first kappa shape index (κ1) is 18.3. The highest BCUT2D eigenvalue weighted by Gasteiger charge is 2.23. The van der Waals surface area contributed by atoms with Crippen molar-refractivity contribution in [3.63, 3.8) is 0 Å². The van der Waals surface area contributed by atoms with E-state index in [9.17, 15) is 9.90 Å². The molecule has 3 aromatic rings. The van der Waals surface area contributed by atoms with Crippen LogP contribution in [0.5, 0.6) is 5.75 Å². The number of pyridine rings is 1. The molecule has 1 N–H and O–H groups in total. The zero-order chi connectivity index (χ0) is 19.5. The Morgan fingerprint density at radius 2 is 1.93 bits per heavy atom. The summed E-state index contributed by atoms with van der Waals surface area (Å²) in [7, 11) is 1.30. The summed E-state index contributed by atoms with van der Waals surface area (Å²) in [6, 6.07) is 15.3. The van der Waals surface area contributed by atoms with Crippen molar-refractivity contribution in [2.45, 2.75) is 6.54 Å². The lowest BCUT2D eigenvalue weighted by atomic mass is 9.98. The summed E-state index contributed by atoms with van der Waals surface area (Å²) in [5, 5.41) is 14.8. The van der Waals surface area contributed by atoms with Crippen molar-refractivity contribution in [3.05, 3.63) is 65.9 Å². The maximum atomic E-state index is 13.0. The third-order valence-electron chi connectivity index (χ3n) is 5.38. The molecule has 2 aromatic carbocycles. The number of benzene rings is 2. The molecule has 0 amide bonds. The third kappa shape index (κ3) is 3.51. The molecule has 0 spiro atoms. The van der Waals surface area contributed by atoms with Crippen molar-refractivity contribution in [1.82, 2.24) is 4.98 Å². The second-order valence-corrected chi connectivity index (χ2v) is 7.05. The molecule has 0 bridgehead atoms. The van der Waals surface area contributed by atoms with E-state index >= 15 is 0 Å². The number of hydrogen-bond acceptors (Lipinski definition) is 5. The highest BCUT2D eigenvalue weighted by molar-refractivity contribution is 6.00. The van der Waals surface area contributed by atoms with Crippen LogP contribution in [0.1, 0.15) is 15.9 Å². The van der Waals surface area contributed by atoms with Gasteiger partial charge in [-0.3, -0.25) is 0 Å². The number of fused-ring (bicyclic) bond motifs is 1. The van der Waals surface area contributed by atoms with Gasteiger partial charge in [0.25, 0.3) is 0 Å². The molecule has 144 valence electrons. The van der Waals surface area contributed by atoms with Gasteiger partial charge in [0.1, 0.15) is 12.4 Å². The maximum absolute atomic E-state index is 13.0. The molecule has 0 radical (unpaired) electrons. The van der Waals surface area contributed by atoms with Gasteiger partial charge in [-0.2, -0.15) is 0 Å². The molecule has 6 heteroatoms. The number of esters is 1. The van der Waals surface area contributed by atoms with E-state index in [4.69, 9.17) is 4.74 Å². The van der Waals surface area contributed by atoms with E-state index in [0.717, 1.165) is 42.8 Å². The van der Waals surface area contributed by atoms with Crippen LogP contribution >= 0.6 is 0 Å². The van der Waals surface area contributed by atoms with Gasteiger partial charge in [0.2, 0.25) is 0 Å². The van der Waals surface area contributed by atoms with E-state index in [-0.39, 0.29) is 11.3 Å². The number of quaternary nitrogens is 1. The fourth-order valence-electron chi connectivity index (χ4n) is 3.86. The number of anilines is 1. The Hall–Kier alpha value is -3.12. The Morgan fingerprint density at radius 1 is 1.18 bits per heavy atom. The van der Waals surface area contributed by atoms with E-state index in [1.54, 1.807) is 6.07 Å². The first-order valence-corrected chi connectivity index (χ1v) is 9.47. The van der Waals surface area contributed by atoms with E-state index in [1.165, 1.54) is 12.0 Å². The van der Waals surface area contributed by atoms with Crippen molar-refractivity contribution in [1.29, 1.82) is 0 Å². The van der Waals surface area contributed by atoms with Crippen LogP contribution < -0.4 is 14.9 Å². The molecular formula is C22H23N3O3. The Bertz CT molecular complexity index is 983. The van der Waals surface area contributed by atoms with Crippen LogP contribution in [0.25, 0.3) is 10.8 Å². The largest absolute Gasteiger partial charge is 0.872 e. The lowest BCUT2D eigenvalue weighted by molar-refractivity contribution is -0.914. The number of nitrogens with zero attached hydrogens (tertiary/aromatic N) is 2. The van der Waals surface area contributed by atoms with Gasteiger partial charge in [0.05, 0.1) is 38.9 Å². The Morgan fingerprint density at radius 3 is 2.64 bits per heavy atom. The maximum Gasteiger partial charge on any atom is 0.337 e. The number of ether oxygens (including phenoxy) is 1. The van der Waals surface area contributed by atoms with Gasteiger partial charge in [-0.05, 0) is 29.0 Å². The molecule has 28 heavy (non-hydrogen) atoms. The first-order chi connectivity index (χ1) is 13.7. The highest BCUT2D eigenvalue weighted by atomic mass is 16.5. The van der Waals surface area contributed by atoms with Gasteiger partial charge in [-0.15, -0.1) is 0 Å². The second-order valence-electron chi connectivity index (χ2n) is 7.05. The molecule has 0 atom stereocenters. The minimum atomic E-state index is -0.577. The molecule has 1 saturated heterocycles. The number of nitrogens with one attached hydrogen (secondary N) is 1. The Labute approximate surface area is 164 Å². The zero-order valence-corrected chi connectivity index (χ0v) is 15.9. The monoisotopic (exact) mass is 377 g/mol. The van der Waals surface area contributed by atoms with E-state index in [2.05, 4.69) is 9.88 Å². The van der Waals surface area contributed by atoms with E-state index in [0.29, 0.717) is 12.1 Å². The van der Waals surface area contributed by atoms with Gasteiger partial charge in [0, 0.05) is 11.8 Å². The summed E-state index contributed by atoms with van der Waals surface area (Å²) in [4.78, 5) is 20.1. The van der Waals surface area contributed by atoms with Crippen LogP contribution in [-0.4, -0.2) is 44.2 Å². The summed E-state index contributed by atoms with van der Waals surface area (Å²) in [6.07, 6.45) is 1.81. The number of rotatable bonds is 4. The van der Waals surface area contributed by atoms with Gasteiger partial charge >= 0.3 is 5.97 Å². The average molecular weight is 377 g/mol. The molecule has 0 unspecified atom stereocenters. The SMILES string of the molecule is COC(=O)c1cc2ccccc2c(C[NH+]2CCN(c3ccccn3)CC2)c1[O-]. The quantitative estimate of drug-likeness (QED) is 0.687. The summed E-state index contributed by atoms with van der Waals surface area (Å²) >= 11 is 0. The smallest absolute Gasteiger partial charge is 0.337 e. The Kier molecular flexibility index (Phi) is 5.12. The molecule has 6 nitrogen and oxygen atoms in total. The number of piperazine rings is 1. The summed E-state index contributed by atoms with van der Waals surface area (Å²) < 4.78 is 4.81. The van der Waals surface area contributed by atoms with E-state index < -0.39 is 5.97 Å². The third-order valence-corrected chi connectivity index (χ3v) is 5.38. The number of aromatic nitrogens is 1. The minimum absolute atomic E-state index is 0.114. The normalized spacial score (nSPS) is 15.0. The zero-order valence-electron chi connectivity index (χ0n) is 15.9. The van der Waals surface area contributed by atoms with Gasteiger partial charge in [0.15, 0.2) is 0 Å². The van der Waals surface area contributed by atoms with Gasteiger partial charge < -0.3 is 19.6 Å². The second kappa shape index (κ2) is 7.86. The van der Waals surface area contributed by atoms with Crippen LogP contribution in [-0.2, 0) is 11.3 Å². The lowest BCUT2D eigenvalue weighted by Gasteiger charge is -2.34. The topological polar surface area (TPSA) is 69.9 Å². The van der Waals surface area contributed by atoms with Crippen molar-refractivity contribution in [2.24, 2.45) is 0 Å². The minimum Gasteiger partial charge on any atom is -0.872 e. The first-order valence-electron chi connectivity index (χ1n) is 9.47. The number of methoxy groups -OCH3 is 1. The van der Waals surface area contributed by atoms with Crippen LogP contribution in [0.2, 0.25) is 0 Å². The van der Waals surface area contributed by atoms with Crippen LogP contribution in [0.15, 0.2) is 54.7 Å². The number of hydrogen-bond donors (Lipinski definition) is 1. The molecule has 1 fully saturated rings. The predicted molar refractivity (Wildman–Crippen MR) is 106 cm³/mol. The molecule has 2 heterocycles. The van der Waals surface area contributed by atoms with Crippen molar-refractivity contribution in [3.8, 4) is 5.75 Å². The fraction of sp³-hybridized carbons (Fsp3) is 0.273. The standard InChI is InChI=1S/C22H23N3O3/c1-28-22(27)18-14-16-6-2-3-7-17(16)19(21(18)26)15-24-10-12-25(13-11-24)20-8-4-5-9-23-20/h2-9,14,26H,10-13,15H2,1H3. The Balaban J connectivity index is 1.58. The van der Waals surface area contributed by atoms with Crippen LogP contribution in [0.3, 0.4) is 0 Å². The lowest BCUT2D eigenvalue weighted by Crippen LogP contribution is -3.13. The molecule has 4 rings (SSSR count). The molecule has 1 aliphatic heterocycles. The number of carbonyl (C=O) groups is 1. The van der Waals surface area contributed by atoms with Gasteiger partial charge in [-0.1, -0.05) is 36.1 Å². The van der Waals surface area contributed by atoms with Crippen molar-refractivity contribution in [2.75, 3.05) is 38.2 Å². The summed E-state index contributed by atoms with van der Waals surface area (Å²) in [6.45, 7) is 4.18. The molecule has 0 aliphatic carbocycles. The fourth-order valence-corrected chi connectivity index (χ4v) is 3.86. The predicted octanol–water partition coefficient (Wildman–Crippen LogP) is 1.00. The number of carbonyl (C=O) groups excluding carboxylic acids is 1.